The zero-order valence-electron chi connectivity index (χ0n) is 13.0. The molecule has 0 bridgehead atoms. The van der Waals surface area contributed by atoms with Crippen LogP contribution in [0.5, 0.6) is 0 Å². The molecule has 1 aliphatic rings. The second-order valence-electron chi connectivity index (χ2n) is 5.89. The number of rotatable bonds is 3. The maximum Gasteiger partial charge on any atom is 0.189 e. The highest BCUT2D eigenvalue weighted by Gasteiger charge is 2.24. The van der Waals surface area contributed by atoms with Crippen molar-refractivity contribution in [2.75, 3.05) is 0 Å². The monoisotopic (exact) mass is 332 g/mol. The lowest BCUT2D eigenvalue weighted by molar-refractivity contribution is 0.104. The van der Waals surface area contributed by atoms with E-state index in [0.717, 1.165) is 37.6 Å². The Balaban J connectivity index is 1.61. The lowest BCUT2D eigenvalue weighted by Crippen LogP contribution is -1.94. The van der Waals surface area contributed by atoms with E-state index in [-0.39, 0.29) is 12.4 Å². The van der Waals surface area contributed by atoms with Crippen LogP contribution in [-0.4, -0.2) is 10.9 Å². The van der Waals surface area contributed by atoms with E-state index in [1.807, 2.05) is 54.6 Å². The van der Waals surface area contributed by atoms with Gasteiger partial charge in [0.15, 0.2) is 5.78 Å². The molecule has 0 amide bonds. The van der Waals surface area contributed by atoms with Crippen LogP contribution in [0.25, 0.3) is 16.5 Å². The molecule has 0 radical (unpaired) electrons. The highest BCUT2D eigenvalue weighted by molar-refractivity contribution is 7.16. The smallest absolute Gasteiger partial charge is 0.189 e. The van der Waals surface area contributed by atoms with Crippen LogP contribution in [0.15, 0.2) is 66.2 Å². The molecule has 3 aromatic rings. The summed E-state index contributed by atoms with van der Waals surface area (Å²) in [6, 6.07) is 19.9. The first kappa shape index (κ1) is 15.1. The van der Waals surface area contributed by atoms with E-state index in [1.165, 1.54) is 0 Å². The van der Waals surface area contributed by atoms with Gasteiger partial charge in [-0.3, -0.25) is 4.79 Å². The maximum atomic E-state index is 12.5. The predicted molar refractivity (Wildman–Crippen MR) is 98.1 cm³/mol. The van der Waals surface area contributed by atoms with Gasteiger partial charge >= 0.3 is 0 Å². The molecule has 0 fully saturated rings. The van der Waals surface area contributed by atoms with Crippen molar-refractivity contribution in [1.82, 2.24) is 0 Å². The molecule has 1 heterocycles. The average Bonchev–Trinajstić information content (AvgIpc) is 3.21. The van der Waals surface area contributed by atoms with Gasteiger partial charge < -0.3 is 5.11 Å². The molecule has 1 N–H and O–H groups in total. The molecule has 1 aliphatic carbocycles. The van der Waals surface area contributed by atoms with Gasteiger partial charge in [0, 0.05) is 27.3 Å². The van der Waals surface area contributed by atoms with E-state index in [9.17, 15) is 4.79 Å². The number of ketones is 1. The van der Waals surface area contributed by atoms with Crippen molar-refractivity contribution < 1.29 is 9.90 Å². The van der Waals surface area contributed by atoms with Crippen LogP contribution >= 0.6 is 11.3 Å². The zero-order valence-corrected chi connectivity index (χ0v) is 13.8. The summed E-state index contributed by atoms with van der Waals surface area (Å²) in [6.45, 7) is 0.0603. The number of aliphatic hydroxyl groups is 1. The van der Waals surface area contributed by atoms with Crippen LogP contribution in [-0.2, 0) is 13.0 Å². The summed E-state index contributed by atoms with van der Waals surface area (Å²) < 4.78 is 0. The minimum atomic E-state index is 0.0603. The molecule has 0 atom stereocenters. The fraction of sp³-hybridized carbons (Fsp3) is 0.0952. The summed E-state index contributed by atoms with van der Waals surface area (Å²) in [5.41, 5.74) is 4.85. The highest BCUT2D eigenvalue weighted by atomic mass is 32.1. The Hall–Kier alpha value is -2.49. The second-order valence-corrected chi connectivity index (χ2v) is 7.01. The fourth-order valence-corrected chi connectivity index (χ4v) is 3.98. The van der Waals surface area contributed by atoms with E-state index in [0.29, 0.717) is 6.42 Å². The van der Waals surface area contributed by atoms with Gasteiger partial charge in [-0.25, -0.2) is 0 Å². The van der Waals surface area contributed by atoms with E-state index in [2.05, 4.69) is 12.1 Å². The summed E-state index contributed by atoms with van der Waals surface area (Å²) in [5, 5.41) is 9.12. The summed E-state index contributed by atoms with van der Waals surface area (Å²) in [5.74, 6) is 0.146. The third kappa shape index (κ3) is 2.73. The van der Waals surface area contributed by atoms with Gasteiger partial charge in [-0.15, -0.1) is 11.3 Å². The lowest BCUT2D eigenvalue weighted by atomic mass is 10.1. The minimum Gasteiger partial charge on any atom is -0.392 e. The summed E-state index contributed by atoms with van der Waals surface area (Å²) in [6.07, 6.45) is 2.73. The van der Waals surface area contributed by atoms with Crippen molar-refractivity contribution in [1.29, 1.82) is 0 Å². The Bertz CT molecular complexity index is 932. The summed E-state index contributed by atoms with van der Waals surface area (Å²) >= 11 is 1.68. The first-order chi connectivity index (χ1) is 11.7. The number of hydrogen-bond donors (Lipinski definition) is 1. The van der Waals surface area contributed by atoms with E-state index in [1.54, 1.807) is 11.3 Å². The fourth-order valence-electron chi connectivity index (χ4n) is 3.00. The van der Waals surface area contributed by atoms with Crippen molar-refractivity contribution in [3.8, 4) is 10.4 Å². The first-order valence-corrected chi connectivity index (χ1v) is 8.69. The van der Waals surface area contributed by atoms with Crippen molar-refractivity contribution in [2.24, 2.45) is 0 Å². The van der Waals surface area contributed by atoms with Gasteiger partial charge in [-0.1, -0.05) is 48.5 Å². The molecule has 0 unspecified atom stereocenters. The number of thiophene rings is 1. The third-order valence-corrected chi connectivity index (χ3v) is 5.38. The second kappa shape index (κ2) is 6.19. The maximum absolute atomic E-state index is 12.5. The zero-order chi connectivity index (χ0) is 16.5. The minimum absolute atomic E-state index is 0.0603. The van der Waals surface area contributed by atoms with E-state index >= 15 is 0 Å². The first-order valence-electron chi connectivity index (χ1n) is 7.88. The van der Waals surface area contributed by atoms with Crippen molar-refractivity contribution in [2.45, 2.75) is 13.0 Å². The number of fused-ring (bicyclic) bond motifs is 1. The van der Waals surface area contributed by atoms with Crippen LogP contribution in [0.1, 0.15) is 26.4 Å². The average molecular weight is 332 g/mol. The molecule has 3 heteroatoms. The number of carbonyl (C=O) groups excluding carboxylic acids is 1. The number of hydrogen-bond acceptors (Lipinski definition) is 3. The molecule has 2 aromatic carbocycles. The van der Waals surface area contributed by atoms with Gasteiger partial charge in [0.2, 0.25) is 0 Å². The van der Waals surface area contributed by atoms with Crippen molar-refractivity contribution in [3.05, 3.63) is 87.8 Å². The molecule has 0 aliphatic heterocycles. The number of carbonyl (C=O) groups is 1. The van der Waals surface area contributed by atoms with Gasteiger partial charge in [0.05, 0.1) is 6.61 Å². The normalized spacial score (nSPS) is 15.0. The van der Waals surface area contributed by atoms with E-state index in [4.69, 9.17) is 5.11 Å². The number of benzene rings is 2. The molecule has 0 saturated heterocycles. The van der Waals surface area contributed by atoms with Crippen LogP contribution in [0, 0.1) is 0 Å². The molecular formula is C21H16O2S. The van der Waals surface area contributed by atoms with Gasteiger partial charge in [0.1, 0.15) is 0 Å². The molecular weight excluding hydrogens is 316 g/mol. The highest BCUT2D eigenvalue weighted by Crippen LogP contribution is 2.32. The molecule has 0 saturated carbocycles. The summed E-state index contributed by atoms with van der Waals surface area (Å²) in [4.78, 5) is 14.7. The third-order valence-electron chi connectivity index (χ3n) is 4.30. The number of Topliss-reactive ketones (excluding diaryl/α,β-unsaturated/α-hetero) is 1. The molecule has 2 nitrogen and oxygen atoms in total. The van der Waals surface area contributed by atoms with Crippen LogP contribution in [0.3, 0.4) is 0 Å². The Labute approximate surface area is 144 Å². The largest absolute Gasteiger partial charge is 0.392 e. The molecule has 118 valence electrons. The number of allylic oxidation sites excluding steroid dienone is 1. The summed E-state index contributed by atoms with van der Waals surface area (Å²) in [7, 11) is 0. The van der Waals surface area contributed by atoms with Gasteiger partial charge in [-0.05, 0) is 34.9 Å². The van der Waals surface area contributed by atoms with Crippen LogP contribution in [0.4, 0.5) is 0 Å². The number of aliphatic hydroxyl groups excluding tert-OH is 1. The Kier molecular flexibility index (Phi) is 3.89. The molecule has 0 spiro atoms. The van der Waals surface area contributed by atoms with Crippen LogP contribution in [0.2, 0.25) is 0 Å². The van der Waals surface area contributed by atoms with Gasteiger partial charge in [0.25, 0.3) is 0 Å². The lowest BCUT2D eigenvalue weighted by Gasteiger charge is -1.99. The quantitative estimate of drug-likeness (QED) is 0.704. The molecule has 24 heavy (non-hydrogen) atoms. The van der Waals surface area contributed by atoms with E-state index < -0.39 is 0 Å². The molecule has 4 rings (SSSR count). The molecule has 1 aromatic heterocycles. The Morgan fingerprint density at radius 2 is 1.79 bits per heavy atom. The Morgan fingerprint density at radius 1 is 1.00 bits per heavy atom. The van der Waals surface area contributed by atoms with Crippen molar-refractivity contribution >= 4 is 23.2 Å². The van der Waals surface area contributed by atoms with Crippen LogP contribution < -0.4 is 0 Å². The topological polar surface area (TPSA) is 37.3 Å². The predicted octanol–water partition coefficient (Wildman–Crippen LogP) is 4.73. The van der Waals surface area contributed by atoms with Crippen molar-refractivity contribution in [3.63, 3.8) is 0 Å². The Morgan fingerprint density at radius 3 is 2.54 bits per heavy atom. The van der Waals surface area contributed by atoms with Gasteiger partial charge in [-0.2, -0.15) is 0 Å². The standard InChI is InChI=1S/C21H16O2S/c22-13-14-5-7-15(8-6-14)20-10-9-18(24-20)12-17-11-16-3-1-2-4-19(16)21(17)23/h1-10,12,22H,11,13H2. The SMILES string of the molecule is O=C1C(=Cc2ccc(-c3ccc(CO)cc3)s2)Cc2ccccc21.